The van der Waals surface area contributed by atoms with E-state index in [-0.39, 0.29) is 35.0 Å². The summed E-state index contributed by atoms with van der Waals surface area (Å²) in [6.07, 6.45) is 1.40. The number of nitrogen functional groups attached to an aromatic ring is 1. The van der Waals surface area contributed by atoms with E-state index in [9.17, 15) is 13.6 Å². The molecule has 0 atom stereocenters. The second-order valence-corrected chi connectivity index (χ2v) is 8.85. The molecule has 0 spiro atoms. The molecule has 1 aliphatic rings. The van der Waals surface area contributed by atoms with Crippen molar-refractivity contribution >= 4 is 11.7 Å². The van der Waals surface area contributed by atoms with Crippen molar-refractivity contribution in [2.24, 2.45) is 0 Å². The summed E-state index contributed by atoms with van der Waals surface area (Å²) >= 11 is 0. The molecular formula is C28H24F2N6O. The normalized spacial score (nSPS) is 14.1. The molecule has 0 aliphatic carbocycles. The van der Waals surface area contributed by atoms with Crippen LogP contribution in [0.5, 0.6) is 0 Å². The maximum absolute atomic E-state index is 13.6. The molecular weight excluding hydrogens is 474 g/mol. The minimum Gasteiger partial charge on any atom is -0.382 e. The number of aromatic nitrogens is 2. The van der Waals surface area contributed by atoms with Crippen LogP contribution in [0.15, 0.2) is 79.0 Å². The van der Waals surface area contributed by atoms with Gasteiger partial charge < -0.3 is 10.6 Å². The van der Waals surface area contributed by atoms with Crippen molar-refractivity contribution in [1.82, 2.24) is 19.6 Å². The van der Waals surface area contributed by atoms with Crippen LogP contribution >= 0.6 is 0 Å². The number of piperazine rings is 1. The van der Waals surface area contributed by atoms with Gasteiger partial charge in [-0.25, -0.2) is 13.5 Å². The van der Waals surface area contributed by atoms with Crippen LogP contribution in [0.1, 0.15) is 33.1 Å². The molecule has 5 rings (SSSR count). The molecule has 0 bridgehead atoms. The van der Waals surface area contributed by atoms with Gasteiger partial charge in [0.25, 0.3) is 5.91 Å². The lowest BCUT2D eigenvalue weighted by molar-refractivity contribution is 0.0597. The molecule has 1 fully saturated rings. The highest BCUT2D eigenvalue weighted by atomic mass is 19.1. The van der Waals surface area contributed by atoms with Gasteiger partial charge in [0, 0.05) is 31.7 Å². The number of carbonyl (C=O) groups excluding carboxylic acids is 1. The van der Waals surface area contributed by atoms with Gasteiger partial charge in [0.15, 0.2) is 0 Å². The largest absolute Gasteiger partial charge is 0.382 e. The Labute approximate surface area is 213 Å². The van der Waals surface area contributed by atoms with E-state index in [4.69, 9.17) is 11.0 Å². The lowest BCUT2D eigenvalue weighted by Gasteiger charge is -2.39. The second kappa shape index (κ2) is 10.2. The quantitative estimate of drug-likeness (QED) is 0.446. The summed E-state index contributed by atoms with van der Waals surface area (Å²) in [6.45, 7) is 2.22. The summed E-state index contributed by atoms with van der Waals surface area (Å²) in [5, 5.41) is 13.2. The van der Waals surface area contributed by atoms with E-state index < -0.39 is 0 Å². The van der Waals surface area contributed by atoms with E-state index in [1.54, 1.807) is 53.4 Å². The van der Waals surface area contributed by atoms with Gasteiger partial charge in [0.2, 0.25) is 0 Å². The number of anilines is 1. The number of hydrogen-bond acceptors (Lipinski definition) is 5. The van der Waals surface area contributed by atoms with Gasteiger partial charge in [-0.1, -0.05) is 24.3 Å². The smallest absolute Gasteiger partial charge is 0.253 e. The molecule has 1 saturated heterocycles. The maximum Gasteiger partial charge on any atom is 0.253 e. The molecule has 9 heteroatoms. The lowest BCUT2D eigenvalue weighted by Crippen LogP contribution is -2.49. The van der Waals surface area contributed by atoms with Crippen molar-refractivity contribution < 1.29 is 13.6 Å². The summed E-state index contributed by atoms with van der Waals surface area (Å²) in [7, 11) is 0. The third kappa shape index (κ3) is 4.92. The van der Waals surface area contributed by atoms with Gasteiger partial charge in [-0.15, -0.1) is 0 Å². The van der Waals surface area contributed by atoms with Crippen molar-refractivity contribution in [2.45, 2.75) is 6.04 Å². The Bertz CT molecular complexity index is 1390. The Hall–Kier alpha value is -4.55. The first-order chi connectivity index (χ1) is 17.9. The lowest BCUT2D eigenvalue weighted by atomic mass is 9.96. The summed E-state index contributed by atoms with van der Waals surface area (Å²) in [6, 6.07) is 21.4. The predicted octanol–water partition coefficient (Wildman–Crippen LogP) is 4.15. The number of hydrogen-bond donors (Lipinski definition) is 1. The van der Waals surface area contributed by atoms with Crippen LogP contribution < -0.4 is 5.73 Å². The molecule has 3 aromatic carbocycles. The first kappa shape index (κ1) is 24.2. The molecule has 0 radical (unpaired) electrons. The molecule has 1 amide bonds. The molecule has 37 heavy (non-hydrogen) atoms. The average Bonchev–Trinajstić information content (AvgIpc) is 3.31. The van der Waals surface area contributed by atoms with Crippen LogP contribution in [0, 0.1) is 23.0 Å². The summed E-state index contributed by atoms with van der Waals surface area (Å²) < 4.78 is 28.6. The van der Waals surface area contributed by atoms with Crippen molar-refractivity contribution in [3.8, 4) is 11.8 Å². The maximum atomic E-state index is 13.6. The summed E-state index contributed by atoms with van der Waals surface area (Å²) in [4.78, 5) is 17.2. The average molecular weight is 499 g/mol. The number of halogens is 2. The standard InChI is InChI=1S/C28H24F2N6O/c29-23-7-1-19(2-8-23)26(20-3-9-24(30)10-4-20)34-13-15-35(16-14-34)28(37)21-5-11-25(12-6-21)36-27(32)22(17-31)18-33-36/h1-12,18,26H,13-16,32H2. The van der Waals surface area contributed by atoms with Crippen LogP contribution in [-0.4, -0.2) is 51.7 Å². The van der Waals surface area contributed by atoms with Crippen molar-refractivity contribution in [3.05, 3.63) is 113 Å². The Balaban J connectivity index is 1.30. The van der Waals surface area contributed by atoms with E-state index in [2.05, 4.69) is 10.00 Å². The SMILES string of the molecule is N#Cc1cnn(-c2ccc(C(=O)N3CCN(C(c4ccc(F)cc4)c4ccc(F)cc4)CC3)cc2)c1N. The first-order valence-corrected chi connectivity index (χ1v) is 11.8. The number of rotatable bonds is 5. The fraction of sp³-hybridized carbons (Fsp3) is 0.179. The zero-order valence-electron chi connectivity index (χ0n) is 19.9. The van der Waals surface area contributed by atoms with Crippen LogP contribution in [0.4, 0.5) is 14.6 Å². The summed E-state index contributed by atoms with van der Waals surface area (Å²) in [5.74, 6) is -0.473. The molecule has 1 aliphatic heterocycles. The Morgan fingerprint density at radius 1 is 0.865 bits per heavy atom. The van der Waals surface area contributed by atoms with Gasteiger partial charge in [-0.3, -0.25) is 9.69 Å². The van der Waals surface area contributed by atoms with E-state index in [0.29, 0.717) is 37.4 Å². The minimum atomic E-state index is -0.316. The molecule has 1 aromatic heterocycles. The molecule has 2 heterocycles. The van der Waals surface area contributed by atoms with Crippen molar-refractivity contribution in [3.63, 3.8) is 0 Å². The van der Waals surface area contributed by atoms with Crippen molar-refractivity contribution in [2.75, 3.05) is 31.9 Å². The Morgan fingerprint density at radius 2 is 1.41 bits per heavy atom. The van der Waals surface area contributed by atoms with Crippen LogP contribution in [0.25, 0.3) is 5.69 Å². The zero-order valence-corrected chi connectivity index (χ0v) is 19.9. The molecule has 2 N–H and O–H groups in total. The van der Waals surface area contributed by atoms with E-state index in [1.165, 1.54) is 35.1 Å². The van der Waals surface area contributed by atoms with Gasteiger partial charge >= 0.3 is 0 Å². The van der Waals surface area contributed by atoms with Crippen molar-refractivity contribution in [1.29, 1.82) is 5.26 Å². The number of nitriles is 1. The third-order valence-corrected chi connectivity index (χ3v) is 6.62. The fourth-order valence-corrected chi connectivity index (χ4v) is 4.67. The zero-order chi connectivity index (χ0) is 25.9. The minimum absolute atomic E-state index is 0.0857. The highest BCUT2D eigenvalue weighted by Gasteiger charge is 2.29. The van der Waals surface area contributed by atoms with Crippen LogP contribution in [0.2, 0.25) is 0 Å². The first-order valence-electron chi connectivity index (χ1n) is 11.8. The highest BCUT2D eigenvalue weighted by molar-refractivity contribution is 5.94. The fourth-order valence-electron chi connectivity index (χ4n) is 4.67. The van der Waals surface area contributed by atoms with E-state index >= 15 is 0 Å². The summed E-state index contributed by atoms with van der Waals surface area (Å²) in [5.41, 5.74) is 9.25. The monoisotopic (exact) mass is 498 g/mol. The number of nitrogens with zero attached hydrogens (tertiary/aromatic N) is 5. The van der Waals surface area contributed by atoms with Crippen LogP contribution in [-0.2, 0) is 0 Å². The van der Waals surface area contributed by atoms with Crippen LogP contribution in [0.3, 0.4) is 0 Å². The number of benzene rings is 3. The van der Waals surface area contributed by atoms with Gasteiger partial charge in [-0.2, -0.15) is 10.4 Å². The Morgan fingerprint density at radius 3 is 1.89 bits per heavy atom. The van der Waals surface area contributed by atoms with E-state index in [0.717, 1.165) is 11.1 Å². The topological polar surface area (TPSA) is 91.2 Å². The predicted molar refractivity (Wildman–Crippen MR) is 135 cm³/mol. The molecule has 186 valence electrons. The highest BCUT2D eigenvalue weighted by Crippen LogP contribution is 2.30. The second-order valence-electron chi connectivity index (χ2n) is 8.85. The molecule has 0 saturated carbocycles. The van der Waals surface area contributed by atoms with Gasteiger partial charge in [0.05, 0.1) is 17.9 Å². The Kier molecular flexibility index (Phi) is 6.66. The molecule has 0 unspecified atom stereocenters. The third-order valence-electron chi connectivity index (χ3n) is 6.62. The number of amides is 1. The van der Waals surface area contributed by atoms with E-state index in [1.807, 2.05) is 6.07 Å². The number of carbonyl (C=O) groups is 1. The molecule has 7 nitrogen and oxygen atoms in total. The number of nitrogens with two attached hydrogens (primary N) is 1. The van der Waals surface area contributed by atoms with Gasteiger partial charge in [0.1, 0.15) is 29.1 Å². The van der Waals surface area contributed by atoms with Gasteiger partial charge in [-0.05, 0) is 59.7 Å². The molecule has 4 aromatic rings.